The van der Waals surface area contributed by atoms with Gasteiger partial charge in [0, 0.05) is 0 Å². The molecule has 1 unspecified atom stereocenters. The average Bonchev–Trinajstić information content (AvgIpc) is 2.01. The van der Waals surface area contributed by atoms with Crippen molar-refractivity contribution in [1.29, 1.82) is 0 Å². The summed E-state index contributed by atoms with van der Waals surface area (Å²) >= 11 is -0.227. The number of rotatable bonds is 6. The van der Waals surface area contributed by atoms with E-state index < -0.39 is 36.4 Å². The Bertz CT molecular complexity index is 281. The summed E-state index contributed by atoms with van der Waals surface area (Å²) in [6, 6.07) is 0. The Hall–Kier alpha value is -1.16. The van der Waals surface area contributed by atoms with E-state index in [2.05, 4.69) is 3.85 Å². The Kier molecular flexibility index (Phi) is 5.21. The van der Waals surface area contributed by atoms with Crippen molar-refractivity contribution >= 4 is 17.9 Å². The molecule has 0 aliphatic carbocycles. The van der Waals surface area contributed by atoms with Crippen molar-refractivity contribution in [3.63, 3.8) is 0 Å². The number of carboxylic acid groups (broad SMARTS) is 2. The predicted octanol–water partition coefficient (Wildman–Crippen LogP) is -1.92. The number of carboxylic acids is 2. The van der Waals surface area contributed by atoms with Gasteiger partial charge in [-0.25, -0.2) is 0 Å². The molecule has 0 aromatic carbocycles. The second-order valence-electron chi connectivity index (χ2n) is 2.60. The van der Waals surface area contributed by atoms with Gasteiger partial charge in [-0.1, -0.05) is 0 Å². The Morgan fingerprint density at radius 1 is 1.27 bits per heavy atom. The summed E-state index contributed by atoms with van der Waals surface area (Å²) in [5.41, 5.74) is -2.67. The van der Waals surface area contributed by atoms with Gasteiger partial charge in [-0.2, -0.15) is 0 Å². The number of nitrogens with two attached hydrogens (primary N) is 1. The third-order valence-corrected chi connectivity index (χ3v) is 1.75. The number of hydrogen-bond acceptors (Lipinski definition) is 6. The van der Waals surface area contributed by atoms with E-state index in [-0.39, 0.29) is 15.2 Å². The van der Waals surface area contributed by atoms with Crippen molar-refractivity contribution in [3.05, 3.63) is 0 Å². The number of hydrogen-bond donors (Lipinski definition) is 4. The van der Waals surface area contributed by atoms with Crippen molar-refractivity contribution < 1.29 is 48.8 Å². The molecule has 0 aromatic heterocycles. The van der Waals surface area contributed by atoms with Gasteiger partial charge in [-0.15, -0.1) is 0 Å². The molecule has 0 spiro atoms. The van der Waals surface area contributed by atoms with Crippen LogP contribution >= 0.6 is 0 Å². The standard InChI is InChI=1S/C6H8O7.Co.H2N/c7-3(8)1-6(13,5(11)12)2-4(9)10;;/h13H,1-2H2,(H,7,8)(H,9,10)(H,11,12);;1H2/q;+2;-1/p-1. The fourth-order valence-corrected chi connectivity index (χ4v) is 0.983. The Labute approximate surface area is 90.5 Å². The summed E-state index contributed by atoms with van der Waals surface area (Å²) in [4.78, 5) is 36.4. The monoisotopic (exact) mass is 266 g/mol. The molecule has 0 heterocycles. The fraction of sp³-hybridized carbons (Fsp3) is 0.500. The molecule has 0 saturated carbocycles. The van der Waals surface area contributed by atoms with Crippen molar-refractivity contribution in [2.24, 2.45) is 4.78 Å². The van der Waals surface area contributed by atoms with Gasteiger partial charge in [0.15, 0.2) is 0 Å². The summed E-state index contributed by atoms with van der Waals surface area (Å²) in [6.45, 7) is 0. The SMILES string of the molecule is [NH2][Co][O]C(=O)CC(O)(CC(=O)O)C(=O)O. The van der Waals surface area contributed by atoms with Gasteiger partial charge >= 0.3 is 89.9 Å². The van der Waals surface area contributed by atoms with Crippen LogP contribution in [-0.2, 0) is 33.5 Å². The molecule has 0 radical (unpaired) electrons. The molecule has 0 aliphatic heterocycles. The third kappa shape index (κ3) is 4.74. The number of carbonyl (C=O) groups excluding carboxylic acids is 1. The Morgan fingerprint density at radius 2 is 1.80 bits per heavy atom. The second kappa shape index (κ2) is 5.65. The topological polar surface area (TPSA) is 147 Å². The Balaban J connectivity index is 4.58. The van der Waals surface area contributed by atoms with Crippen molar-refractivity contribution in [3.8, 4) is 0 Å². The summed E-state index contributed by atoms with van der Waals surface area (Å²) in [5, 5.41) is 26.2. The quantitative estimate of drug-likeness (QED) is 0.435. The van der Waals surface area contributed by atoms with Gasteiger partial charge in [0.25, 0.3) is 0 Å². The molecule has 5 N–H and O–H groups in total. The van der Waals surface area contributed by atoms with Crippen LogP contribution in [0, 0.1) is 0 Å². The summed E-state index contributed by atoms with van der Waals surface area (Å²) in [7, 11) is 0. The zero-order valence-electron chi connectivity index (χ0n) is 7.30. The van der Waals surface area contributed by atoms with Crippen LogP contribution in [0.5, 0.6) is 0 Å². The first-order chi connectivity index (χ1) is 6.81. The fourth-order valence-electron chi connectivity index (χ4n) is 0.771. The van der Waals surface area contributed by atoms with E-state index in [1.54, 1.807) is 0 Å². The average molecular weight is 266 g/mol. The second-order valence-corrected chi connectivity index (χ2v) is 3.06. The summed E-state index contributed by atoms with van der Waals surface area (Å²) in [6.07, 6.45) is -2.07. The first-order valence-electron chi connectivity index (χ1n) is 3.48. The maximum absolute atomic E-state index is 10.8. The maximum atomic E-state index is 10.8. The van der Waals surface area contributed by atoms with Crippen LogP contribution in [-0.4, -0.2) is 38.8 Å². The molecule has 0 rings (SSSR count). The van der Waals surface area contributed by atoms with Crippen LogP contribution in [0.15, 0.2) is 0 Å². The van der Waals surface area contributed by atoms with Gasteiger partial charge in [-0.05, 0) is 0 Å². The first kappa shape index (κ1) is 13.8. The molecule has 89 valence electrons. The van der Waals surface area contributed by atoms with Crippen LogP contribution in [0.25, 0.3) is 0 Å². The molecule has 0 saturated heterocycles. The van der Waals surface area contributed by atoms with E-state index in [1.807, 2.05) is 0 Å². The molecule has 0 aliphatic rings. The minimum absolute atomic E-state index is 0.227. The van der Waals surface area contributed by atoms with Crippen LogP contribution in [0.2, 0.25) is 0 Å². The van der Waals surface area contributed by atoms with E-state index in [1.165, 1.54) is 0 Å². The molecule has 0 bridgehead atoms. The zero-order chi connectivity index (χ0) is 12.1. The molecule has 0 amide bonds. The molecular formula is C6H9CoNO7. The molecule has 9 heteroatoms. The number of aliphatic hydroxyl groups is 1. The predicted molar refractivity (Wildman–Crippen MR) is 39.7 cm³/mol. The summed E-state index contributed by atoms with van der Waals surface area (Å²) in [5.74, 6) is -4.45. The number of aliphatic carboxylic acids is 2. The van der Waals surface area contributed by atoms with Gasteiger partial charge in [-0.3, -0.25) is 0 Å². The molecule has 1 atom stereocenters. The van der Waals surface area contributed by atoms with Crippen molar-refractivity contribution in [2.75, 3.05) is 0 Å². The van der Waals surface area contributed by atoms with Crippen LogP contribution in [0.4, 0.5) is 0 Å². The Morgan fingerprint density at radius 3 is 2.13 bits per heavy atom. The molecule has 0 aromatic rings. The van der Waals surface area contributed by atoms with E-state index in [0.29, 0.717) is 0 Å². The normalized spacial score (nSPS) is 14.3. The third-order valence-electron chi connectivity index (χ3n) is 1.39. The zero-order valence-corrected chi connectivity index (χ0v) is 8.34. The van der Waals surface area contributed by atoms with Crippen LogP contribution < -0.4 is 4.78 Å². The first-order valence-corrected chi connectivity index (χ1v) is 4.51. The molecule has 15 heavy (non-hydrogen) atoms. The molecule has 8 nitrogen and oxygen atoms in total. The number of carbonyl (C=O) groups is 3. The van der Waals surface area contributed by atoms with Crippen molar-refractivity contribution in [1.82, 2.24) is 0 Å². The van der Waals surface area contributed by atoms with Gasteiger partial charge in [0.05, 0.1) is 0 Å². The van der Waals surface area contributed by atoms with Gasteiger partial charge < -0.3 is 0 Å². The van der Waals surface area contributed by atoms with Crippen LogP contribution in [0.1, 0.15) is 12.8 Å². The van der Waals surface area contributed by atoms with Gasteiger partial charge in [0.2, 0.25) is 0 Å². The van der Waals surface area contributed by atoms with E-state index in [0.717, 1.165) is 0 Å². The summed E-state index contributed by atoms with van der Waals surface area (Å²) < 4.78 is 4.16. The van der Waals surface area contributed by atoms with Crippen LogP contribution in [0.3, 0.4) is 0 Å². The van der Waals surface area contributed by atoms with E-state index in [4.69, 9.17) is 15.0 Å². The minimum atomic E-state index is -2.67. The van der Waals surface area contributed by atoms with Gasteiger partial charge in [0.1, 0.15) is 0 Å². The van der Waals surface area contributed by atoms with Crippen molar-refractivity contribution in [2.45, 2.75) is 18.4 Å². The molecular weight excluding hydrogens is 257 g/mol. The van der Waals surface area contributed by atoms with E-state index >= 15 is 0 Å². The molecule has 0 fully saturated rings. The van der Waals surface area contributed by atoms with E-state index in [9.17, 15) is 19.5 Å².